The number of hydrogen-bond acceptors (Lipinski definition) is 5. The number of benzene rings is 2. The van der Waals surface area contributed by atoms with Crippen molar-refractivity contribution >= 4 is 27.5 Å². The van der Waals surface area contributed by atoms with Crippen LogP contribution in [0.15, 0.2) is 53.0 Å². The Morgan fingerprint density at radius 2 is 1.61 bits per heavy atom. The lowest BCUT2D eigenvalue weighted by Gasteiger charge is -2.49. The van der Waals surface area contributed by atoms with Gasteiger partial charge < -0.3 is 5.11 Å². The molecule has 0 amide bonds. The molecule has 7 heteroatoms. The first-order chi connectivity index (χ1) is 13.2. The van der Waals surface area contributed by atoms with Gasteiger partial charge in [-0.25, -0.2) is 0 Å². The third kappa shape index (κ3) is 2.36. The Balaban J connectivity index is 2.03. The number of fused-ring (bicyclic) bond motifs is 1. The van der Waals surface area contributed by atoms with Gasteiger partial charge in [-0.2, -0.15) is 0 Å². The van der Waals surface area contributed by atoms with Gasteiger partial charge in [0.05, 0.1) is 11.5 Å². The molecule has 0 aliphatic heterocycles. The van der Waals surface area contributed by atoms with Gasteiger partial charge in [-0.3, -0.25) is 19.7 Å². The average Bonchev–Trinajstić information content (AvgIpc) is 2.88. The van der Waals surface area contributed by atoms with Crippen LogP contribution >= 0.6 is 15.9 Å². The zero-order valence-electron chi connectivity index (χ0n) is 15.1. The van der Waals surface area contributed by atoms with Crippen LogP contribution in [0.5, 0.6) is 0 Å². The molecule has 1 spiro atoms. The van der Waals surface area contributed by atoms with Crippen LogP contribution in [-0.2, 0) is 0 Å². The lowest BCUT2D eigenvalue weighted by atomic mass is 9.52. The number of Topliss-reactive ketones (excluding diaryl/α,β-unsaturated/α-hetero) is 2. The van der Waals surface area contributed by atoms with Gasteiger partial charge in [-0.1, -0.05) is 52.3 Å². The van der Waals surface area contributed by atoms with E-state index < -0.39 is 39.5 Å². The van der Waals surface area contributed by atoms with Gasteiger partial charge >= 0.3 is 0 Å². The van der Waals surface area contributed by atoms with E-state index in [0.29, 0.717) is 5.56 Å². The van der Waals surface area contributed by atoms with E-state index in [4.69, 9.17) is 0 Å². The number of halogens is 1. The standard InChI is InChI=1S/C21H18BrNO5/c1-20(26)11-10-16(23(27)28)17(12-6-8-13(22)9-7-12)21(20)18(24)14-4-2-3-5-15(14)19(21)25/h2-9,16-17,26H,10-11H2,1H3/t16-,17+,20+/m0/s1. The summed E-state index contributed by atoms with van der Waals surface area (Å²) in [6.07, 6.45) is 0.0799. The molecule has 28 heavy (non-hydrogen) atoms. The van der Waals surface area contributed by atoms with E-state index in [0.717, 1.165) is 4.47 Å². The van der Waals surface area contributed by atoms with Gasteiger partial charge in [-0.05, 0) is 31.0 Å². The van der Waals surface area contributed by atoms with Crippen molar-refractivity contribution in [2.45, 2.75) is 37.3 Å². The summed E-state index contributed by atoms with van der Waals surface area (Å²) in [4.78, 5) is 38.7. The molecule has 2 aliphatic rings. The van der Waals surface area contributed by atoms with Gasteiger partial charge in [0.25, 0.3) is 0 Å². The molecule has 1 fully saturated rings. The molecule has 0 heterocycles. The van der Waals surface area contributed by atoms with Crippen molar-refractivity contribution in [3.63, 3.8) is 0 Å². The lowest BCUT2D eigenvalue weighted by molar-refractivity contribution is -0.535. The number of carbonyl (C=O) groups excluding carboxylic acids is 2. The third-order valence-electron chi connectivity index (χ3n) is 6.26. The Morgan fingerprint density at radius 3 is 2.11 bits per heavy atom. The number of ketones is 2. The summed E-state index contributed by atoms with van der Waals surface area (Å²) in [5.41, 5.74) is -2.68. The Hall–Kier alpha value is -2.38. The smallest absolute Gasteiger partial charge is 0.221 e. The van der Waals surface area contributed by atoms with Gasteiger partial charge in [0.2, 0.25) is 6.04 Å². The maximum absolute atomic E-state index is 13.6. The topological polar surface area (TPSA) is 97.5 Å². The summed E-state index contributed by atoms with van der Waals surface area (Å²) in [5.74, 6) is -2.12. The summed E-state index contributed by atoms with van der Waals surface area (Å²) in [6, 6.07) is 12.1. The molecule has 0 bridgehead atoms. The van der Waals surface area contributed by atoms with Crippen LogP contribution in [0.4, 0.5) is 0 Å². The highest BCUT2D eigenvalue weighted by Gasteiger charge is 2.72. The fourth-order valence-corrected chi connectivity index (χ4v) is 5.23. The zero-order chi connectivity index (χ0) is 20.3. The Morgan fingerprint density at radius 1 is 1.07 bits per heavy atom. The summed E-state index contributed by atoms with van der Waals surface area (Å²) in [6.45, 7) is 1.46. The highest BCUT2D eigenvalue weighted by molar-refractivity contribution is 9.10. The van der Waals surface area contributed by atoms with Crippen LogP contribution in [0.3, 0.4) is 0 Å². The molecule has 144 valence electrons. The van der Waals surface area contributed by atoms with E-state index in [1.807, 2.05) is 0 Å². The molecular formula is C21H18BrNO5. The minimum absolute atomic E-state index is 0.00283. The largest absolute Gasteiger partial charge is 0.389 e. The molecule has 1 N–H and O–H groups in total. The van der Waals surface area contributed by atoms with Gasteiger partial charge in [-0.15, -0.1) is 0 Å². The predicted molar refractivity (Wildman–Crippen MR) is 105 cm³/mol. The van der Waals surface area contributed by atoms with Crippen molar-refractivity contribution in [2.75, 3.05) is 0 Å². The van der Waals surface area contributed by atoms with Crippen molar-refractivity contribution in [1.29, 1.82) is 0 Å². The number of carbonyl (C=O) groups is 2. The van der Waals surface area contributed by atoms with Crippen LogP contribution < -0.4 is 0 Å². The van der Waals surface area contributed by atoms with Crippen LogP contribution in [0.2, 0.25) is 0 Å². The number of hydrogen-bond donors (Lipinski definition) is 1. The van der Waals surface area contributed by atoms with E-state index in [1.54, 1.807) is 48.5 Å². The minimum Gasteiger partial charge on any atom is -0.389 e. The average molecular weight is 444 g/mol. The summed E-state index contributed by atoms with van der Waals surface area (Å²) in [7, 11) is 0. The highest BCUT2D eigenvalue weighted by atomic mass is 79.9. The first-order valence-electron chi connectivity index (χ1n) is 9.02. The second kappa shape index (κ2) is 6.32. The molecule has 1 saturated carbocycles. The molecule has 3 atom stereocenters. The molecule has 0 aromatic heterocycles. The second-order valence-corrected chi connectivity index (χ2v) is 8.62. The van der Waals surface area contributed by atoms with Crippen LogP contribution in [0.25, 0.3) is 0 Å². The summed E-state index contributed by atoms with van der Waals surface area (Å²) >= 11 is 3.34. The summed E-state index contributed by atoms with van der Waals surface area (Å²) < 4.78 is 0.776. The Labute approximate surface area is 169 Å². The van der Waals surface area contributed by atoms with E-state index in [2.05, 4.69) is 15.9 Å². The number of rotatable bonds is 2. The molecule has 4 rings (SSSR count). The Bertz CT molecular complexity index is 963. The molecule has 2 aromatic rings. The van der Waals surface area contributed by atoms with E-state index in [1.165, 1.54) is 6.92 Å². The highest BCUT2D eigenvalue weighted by Crippen LogP contribution is 2.59. The Kier molecular flexibility index (Phi) is 4.28. The maximum Gasteiger partial charge on any atom is 0.221 e. The zero-order valence-corrected chi connectivity index (χ0v) is 16.7. The van der Waals surface area contributed by atoms with Gasteiger partial charge in [0.15, 0.2) is 11.6 Å². The predicted octanol–water partition coefficient (Wildman–Crippen LogP) is 3.79. The fourth-order valence-electron chi connectivity index (χ4n) is 4.96. The molecule has 0 saturated heterocycles. The SMILES string of the molecule is C[C@@]1(O)CC[C@H]([N+](=O)[O-])[C@@H](c2ccc(Br)cc2)C12C(=O)c1ccccc1C2=O. The van der Waals surface area contributed by atoms with Crippen LogP contribution in [0.1, 0.15) is 52.0 Å². The van der Waals surface area contributed by atoms with E-state index >= 15 is 0 Å². The number of nitrogens with zero attached hydrogens (tertiary/aromatic N) is 1. The molecule has 2 aliphatic carbocycles. The number of aliphatic hydroxyl groups is 1. The molecule has 0 radical (unpaired) electrons. The van der Waals surface area contributed by atoms with E-state index in [9.17, 15) is 24.8 Å². The van der Waals surface area contributed by atoms with Crippen molar-refractivity contribution in [1.82, 2.24) is 0 Å². The van der Waals surface area contributed by atoms with Crippen molar-refractivity contribution in [2.24, 2.45) is 5.41 Å². The second-order valence-electron chi connectivity index (χ2n) is 7.71. The molecular weight excluding hydrogens is 426 g/mol. The fraction of sp³-hybridized carbons (Fsp3) is 0.333. The minimum atomic E-state index is -1.92. The molecule has 0 unspecified atom stereocenters. The quantitative estimate of drug-likeness (QED) is 0.432. The third-order valence-corrected chi connectivity index (χ3v) is 6.79. The summed E-state index contributed by atoms with van der Waals surface area (Å²) in [5, 5.41) is 23.3. The normalized spacial score (nSPS) is 28.4. The van der Waals surface area contributed by atoms with Gasteiger partial charge in [0.1, 0.15) is 5.41 Å². The van der Waals surface area contributed by atoms with Crippen molar-refractivity contribution in [3.05, 3.63) is 79.8 Å². The first-order valence-corrected chi connectivity index (χ1v) is 9.81. The van der Waals surface area contributed by atoms with Crippen LogP contribution in [-0.4, -0.2) is 33.2 Å². The lowest BCUT2D eigenvalue weighted by Crippen LogP contribution is -2.63. The molecule has 2 aromatic carbocycles. The van der Waals surface area contributed by atoms with Crippen molar-refractivity contribution < 1.29 is 19.6 Å². The van der Waals surface area contributed by atoms with E-state index in [-0.39, 0.29) is 24.0 Å². The van der Waals surface area contributed by atoms with Gasteiger partial charge in [0, 0.05) is 26.9 Å². The maximum atomic E-state index is 13.6. The number of nitro groups is 1. The van der Waals surface area contributed by atoms with Crippen molar-refractivity contribution in [3.8, 4) is 0 Å². The first kappa shape index (κ1) is 19.0. The van der Waals surface area contributed by atoms with Crippen LogP contribution in [0, 0.1) is 15.5 Å². The molecule has 6 nitrogen and oxygen atoms in total. The monoisotopic (exact) mass is 443 g/mol.